The van der Waals surface area contributed by atoms with Crippen LogP contribution in [0.25, 0.3) is 0 Å². The maximum atomic E-state index is 12.5. The van der Waals surface area contributed by atoms with Crippen molar-refractivity contribution < 1.29 is 9.59 Å². The van der Waals surface area contributed by atoms with E-state index in [1.165, 1.54) is 31.1 Å². The third-order valence-electron chi connectivity index (χ3n) is 5.03. The van der Waals surface area contributed by atoms with Gasteiger partial charge in [0.15, 0.2) is 5.13 Å². The highest BCUT2D eigenvalue weighted by Gasteiger charge is 2.19. The van der Waals surface area contributed by atoms with E-state index in [2.05, 4.69) is 27.4 Å². The molecule has 0 radical (unpaired) electrons. The Hall–Kier alpha value is -2.25. The van der Waals surface area contributed by atoms with Crippen molar-refractivity contribution in [2.24, 2.45) is 5.92 Å². The van der Waals surface area contributed by atoms with Crippen LogP contribution < -0.4 is 10.6 Å². The Kier molecular flexibility index (Phi) is 7.17. The molecule has 1 unspecified atom stereocenters. The molecule has 2 N–H and O–H groups in total. The molecule has 3 rings (SSSR count). The number of nitrogens with zero attached hydrogens (tertiary/aromatic N) is 2. The van der Waals surface area contributed by atoms with Crippen LogP contribution in [-0.4, -0.2) is 34.8 Å². The van der Waals surface area contributed by atoms with Crippen molar-refractivity contribution >= 4 is 28.3 Å². The maximum Gasteiger partial charge on any atom is 0.228 e. The lowest BCUT2D eigenvalue weighted by Gasteiger charge is -2.29. The van der Waals surface area contributed by atoms with Gasteiger partial charge in [0.05, 0.1) is 18.2 Å². The number of likely N-dealkylation sites (tertiary alicyclic amines) is 1. The van der Waals surface area contributed by atoms with E-state index in [0.29, 0.717) is 5.13 Å². The predicted octanol–water partition coefficient (Wildman–Crippen LogP) is 3.58. The number of hydrogen-bond donors (Lipinski definition) is 2. The lowest BCUT2D eigenvalue weighted by atomic mass is 9.99. The second-order valence-corrected chi connectivity index (χ2v) is 8.38. The zero-order chi connectivity index (χ0) is 19.9. The fraction of sp³-hybridized carbons (Fsp3) is 0.476. The van der Waals surface area contributed by atoms with Crippen molar-refractivity contribution in [2.75, 3.05) is 18.4 Å². The largest absolute Gasteiger partial charge is 0.349 e. The Morgan fingerprint density at radius 3 is 2.64 bits per heavy atom. The number of piperidine rings is 1. The van der Waals surface area contributed by atoms with E-state index in [4.69, 9.17) is 0 Å². The molecule has 1 atom stereocenters. The summed E-state index contributed by atoms with van der Waals surface area (Å²) in [6, 6.07) is 9.18. The zero-order valence-electron chi connectivity index (χ0n) is 16.5. The summed E-state index contributed by atoms with van der Waals surface area (Å²) in [4.78, 5) is 31.0. The minimum absolute atomic E-state index is 0.157. The molecular weight excluding hydrogens is 372 g/mol. The molecule has 1 aliphatic heterocycles. The van der Waals surface area contributed by atoms with Gasteiger partial charge in [-0.05, 0) is 37.4 Å². The molecule has 0 spiro atoms. The van der Waals surface area contributed by atoms with Crippen molar-refractivity contribution in [1.82, 2.24) is 15.2 Å². The van der Waals surface area contributed by atoms with Crippen molar-refractivity contribution in [3.63, 3.8) is 0 Å². The van der Waals surface area contributed by atoms with Gasteiger partial charge in [0, 0.05) is 18.8 Å². The van der Waals surface area contributed by atoms with E-state index >= 15 is 0 Å². The van der Waals surface area contributed by atoms with E-state index < -0.39 is 0 Å². The minimum Gasteiger partial charge on any atom is -0.349 e. The van der Waals surface area contributed by atoms with Crippen LogP contribution in [0.1, 0.15) is 50.4 Å². The number of aromatic nitrogens is 1. The number of anilines is 1. The van der Waals surface area contributed by atoms with Crippen LogP contribution in [0.15, 0.2) is 35.7 Å². The quantitative estimate of drug-likeness (QED) is 0.745. The molecule has 0 bridgehead atoms. The van der Waals surface area contributed by atoms with Gasteiger partial charge in [0.1, 0.15) is 0 Å². The molecule has 6 nitrogen and oxygen atoms in total. The van der Waals surface area contributed by atoms with E-state index in [9.17, 15) is 9.59 Å². The molecular formula is C21H28N4O2S. The van der Waals surface area contributed by atoms with Crippen LogP contribution in [0, 0.1) is 5.92 Å². The highest BCUT2D eigenvalue weighted by Crippen LogP contribution is 2.22. The molecule has 7 heteroatoms. The van der Waals surface area contributed by atoms with Crippen LogP contribution in [0.4, 0.5) is 5.13 Å². The summed E-state index contributed by atoms with van der Waals surface area (Å²) in [5, 5.41) is 8.35. The summed E-state index contributed by atoms with van der Waals surface area (Å²) in [5.74, 6) is 0.493. The first-order valence-corrected chi connectivity index (χ1v) is 10.7. The number of benzene rings is 1. The maximum absolute atomic E-state index is 12.5. The van der Waals surface area contributed by atoms with Gasteiger partial charge in [0.25, 0.3) is 0 Å². The molecule has 2 heterocycles. The number of carbonyl (C=O) groups is 2. The smallest absolute Gasteiger partial charge is 0.228 e. The van der Waals surface area contributed by atoms with Gasteiger partial charge in [-0.25, -0.2) is 4.98 Å². The standard InChI is InChI=1S/C21H28N4O2S/c1-15-8-10-25(11-9-15)13-18-14-28-21(23-18)24-20(27)12-19(22-16(2)26)17-6-4-3-5-7-17/h3-7,14-15,19H,8-13H2,1-2H3,(H,22,26)(H,23,24,27). The van der Waals surface area contributed by atoms with Crippen molar-refractivity contribution in [3.8, 4) is 0 Å². The van der Waals surface area contributed by atoms with Crippen LogP contribution in [-0.2, 0) is 16.1 Å². The van der Waals surface area contributed by atoms with Gasteiger partial charge in [-0.1, -0.05) is 37.3 Å². The topological polar surface area (TPSA) is 74.3 Å². The SMILES string of the molecule is CC(=O)NC(CC(=O)Nc1nc(CN2CCC(C)CC2)cs1)c1ccccc1. The predicted molar refractivity (Wildman–Crippen MR) is 112 cm³/mol. The first-order chi connectivity index (χ1) is 13.5. The summed E-state index contributed by atoms with van der Waals surface area (Å²) in [7, 11) is 0. The summed E-state index contributed by atoms with van der Waals surface area (Å²) in [6.07, 6.45) is 2.64. The summed E-state index contributed by atoms with van der Waals surface area (Å²) in [6.45, 7) is 6.81. The van der Waals surface area contributed by atoms with Gasteiger partial charge in [-0.2, -0.15) is 0 Å². The van der Waals surface area contributed by atoms with Crippen LogP contribution in [0.5, 0.6) is 0 Å². The first kappa shape index (κ1) is 20.5. The molecule has 2 amide bonds. The van der Waals surface area contributed by atoms with Gasteiger partial charge < -0.3 is 10.6 Å². The minimum atomic E-state index is -0.353. The Morgan fingerprint density at radius 1 is 1.25 bits per heavy atom. The van der Waals surface area contributed by atoms with E-state index in [1.807, 2.05) is 35.7 Å². The van der Waals surface area contributed by atoms with Gasteiger partial charge in [-0.3, -0.25) is 14.5 Å². The number of rotatable bonds is 7. The molecule has 1 aromatic heterocycles. The molecule has 1 fully saturated rings. The summed E-state index contributed by atoms with van der Waals surface area (Å²) >= 11 is 1.45. The third kappa shape index (κ3) is 6.14. The Labute approximate surface area is 170 Å². The molecule has 150 valence electrons. The second-order valence-electron chi connectivity index (χ2n) is 7.52. The lowest BCUT2D eigenvalue weighted by molar-refractivity contribution is -0.120. The van der Waals surface area contributed by atoms with Gasteiger partial charge >= 0.3 is 0 Å². The van der Waals surface area contributed by atoms with Gasteiger partial charge in [-0.15, -0.1) is 11.3 Å². The molecule has 1 aliphatic rings. The number of amides is 2. The number of carbonyl (C=O) groups excluding carboxylic acids is 2. The van der Waals surface area contributed by atoms with Crippen molar-refractivity contribution in [1.29, 1.82) is 0 Å². The normalized spacial score (nSPS) is 16.5. The number of hydrogen-bond acceptors (Lipinski definition) is 5. The van der Waals surface area contributed by atoms with Crippen molar-refractivity contribution in [2.45, 2.75) is 45.7 Å². The third-order valence-corrected chi connectivity index (χ3v) is 5.84. The average molecular weight is 401 g/mol. The Morgan fingerprint density at radius 2 is 1.96 bits per heavy atom. The van der Waals surface area contributed by atoms with Crippen LogP contribution >= 0.6 is 11.3 Å². The number of thiazole rings is 1. The molecule has 0 saturated carbocycles. The highest BCUT2D eigenvalue weighted by atomic mass is 32.1. The van der Waals surface area contributed by atoms with E-state index in [1.54, 1.807) is 0 Å². The molecule has 1 saturated heterocycles. The molecule has 2 aromatic rings. The fourth-order valence-corrected chi connectivity index (χ4v) is 4.14. The fourth-order valence-electron chi connectivity index (χ4n) is 3.42. The van der Waals surface area contributed by atoms with E-state index in [-0.39, 0.29) is 24.3 Å². The van der Waals surface area contributed by atoms with E-state index in [0.717, 1.165) is 36.8 Å². The summed E-state index contributed by atoms with van der Waals surface area (Å²) < 4.78 is 0. The molecule has 0 aliphatic carbocycles. The molecule has 1 aromatic carbocycles. The summed E-state index contributed by atoms with van der Waals surface area (Å²) in [5.41, 5.74) is 1.91. The number of nitrogens with one attached hydrogen (secondary N) is 2. The van der Waals surface area contributed by atoms with Crippen molar-refractivity contribution in [3.05, 3.63) is 47.0 Å². The molecule has 28 heavy (non-hydrogen) atoms. The Balaban J connectivity index is 1.55. The monoisotopic (exact) mass is 400 g/mol. The van der Waals surface area contributed by atoms with Crippen LogP contribution in [0.2, 0.25) is 0 Å². The average Bonchev–Trinajstić information content (AvgIpc) is 3.10. The second kappa shape index (κ2) is 9.80. The lowest BCUT2D eigenvalue weighted by Crippen LogP contribution is -2.32. The van der Waals surface area contributed by atoms with Crippen LogP contribution in [0.3, 0.4) is 0 Å². The highest BCUT2D eigenvalue weighted by molar-refractivity contribution is 7.13. The first-order valence-electron chi connectivity index (χ1n) is 9.78. The zero-order valence-corrected chi connectivity index (χ0v) is 17.3. The Bertz CT molecular complexity index is 785. The van der Waals surface area contributed by atoms with Gasteiger partial charge in [0.2, 0.25) is 11.8 Å².